The fourth-order valence-electron chi connectivity index (χ4n) is 5.81. The van der Waals surface area contributed by atoms with Gasteiger partial charge in [-0.2, -0.15) is 15.3 Å². The Morgan fingerprint density at radius 1 is 0.816 bits per heavy atom. The van der Waals surface area contributed by atoms with Crippen LogP contribution in [0.25, 0.3) is 5.57 Å². The molecule has 8 nitrogen and oxygen atoms in total. The minimum Gasteiger partial charge on any atom is -0.489 e. The lowest BCUT2D eigenvalue weighted by atomic mass is 9.61. The van der Waals surface area contributed by atoms with Crippen LogP contribution < -0.4 is 10.6 Å². The molecule has 8 heteroatoms. The van der Waals surface area contributed by atoms with Crippen LogP contribution in [0.4, 0.5) is 0 Å². The number of Topliss-reactive ketones (excluding diaryl/α,β-unsaturated/α-hetero) is 1. The van der Waals surface area contributed by atoms with Gasteiger partial charge in [0.05, 0.1) is 11.0 Å². The summed E-state index contributed by atoms with van der Waals surface area (Å²) in [7, 11) is 0. The molecule has 1 fully saturated rings. The number of nitrogens with one attached hydrogen (secondary N) is 2. The Morgan fingerprint density at radius 3 is 2.03 bits per heavy atom. The van der Waals surface area contributed by atoms with E-state index >= 15 is 0 Å². The Hall–Kier alpha value is -4.46. The molecule has 0 heterocycles. The third-order valence-electron chi connectivity index (χ3n) is 7.87. The van der Waals surface area contributed by atoms with Crippen molar-refractivity contribution in [1.29, 1.82) is 11.1 Å². The summed E-state index contributed by atoms with van der Waals surface area (Å²) < 4.78 is 5.91. The number of nitrogens with zero attached hydrogens (tertiary/aromatic N) is 3. The molecule has 2 aliphatic rings. The average Bonchev–Trinajstić information content (AvgIpc) is 3.21. The van der Waals surface area contributed by atoms with E-state index < -0.39 is 11.0 Å². The summed E-state index contributed by atoms with van der Waals surface area (Å²) in [5.41, 5.74) is 18.4. The van der Waals surface area contributed by atoms with Gasteiger partial charge in [0.15, 0.2) is 11.5 Å². The second-order valence-electron chi connectivity index (χ2n) is 10.0. The number of rotatable bonds is 8. The van der Waals surface area contributed by atoms with Crippen LogP contribution in [0.2, 0.25) is 0 Å². The van der Waals surface area contributed by atoms with Crippen LogP contribution in [0.5, 0.6) is 5.75 Å². The van der Waals surface area contributed by atoms with Gasteiger partial charge in [0.2, 0.25) is 0 Å². The maximum atomic E-state index is 13.6. The summed E-state index contributed by atoms with van der Waals surface area (Å²) >= 11 is 0. The summed E-state index contributed by atoms with van der Waals surface area (Å²) in [6.45, 7) is 0.500. The lowest BCUT2D eigenvalue weighted by Crippen LogP contribution is -2.43. The van der Waals surface area contributed by atoms with Crippen molar-refractivity contribution in [3.05, 3.63) is 107 Å². The molecule has 4 N–H and O–H groups in total. The fourth-order valence-corrected chi connectivity index (χ4v) is 5.81. The van der Waals surface area contributed by atoms with Crippen molar-refractivity contribution in [3.8, 4) is 5.75 Å². The first kappa shape index (κ1) is 25.2. The standard InChI is InChI=1S/C30H30N6O2/c31-34-26-25(23-9-5-2-6-10-23)30(28(37)27(26)35-32)17-15-29(36-33,16-18-30)19-21-11-13-24(14-12-21)38-20-22-7-3-1-4-8-22/h1-14,31,33H,15-20,32H2. The van der Waals surface area contributed by atoms with Crippen molar-refractivity contribution >= 4 is 17.1 Å². The van der Waals surface area contributed by atoms with E-state index in [1.165, 1.54) is 0 Å². The zero-order valence-corrected chi connectivity index (χ0v) is 21.1. The number of nitrogens with two attached hydrogens (primary N) is 1. The molecule has 38 heavy (non-hydrogen) atoms. The van der Waals surface area contributed by atoms with Crippen molar-refractivity contribution in [2.75, 3.05) is 0 Å². The molecule has 0 unspecified atom stereocenters. The van der Waals surface area contributed by atoms with E-state index in [-0.39, 0.29) is 17.2 Å². The van der Waals surface area contributed by atoms with Gasteiger partial charge in [-0.15, -0.1) is 0 Å². The maximum absolute atomic E-state index is 13.6. The smallest absolute Gasteiger partial charge is 0.195 e. The van der Waals surface area contributed by atoms with Crippen molar-refractivity contribution in [2.45, 2.75) is 44.2 Å². The molecule has 0 amide bonds. The molecule has 3 aromatic carbocycles. The third-order valence-corrected chi connectivity index (χ3v) is 7.87. The van der Waals surface area contributed by atoms with Crippen LogP contribution in [-0.4, -0.2) is 17.0 Å². The first-order chi connectivity index (χ1) is 18.5. The van der Waals surface area contributed by atoms with Crippen molar-refractivity contribution in [3.63, 3.8) is 0 Å². The molecular weight excluding hydrogens is 476 g/mol. The van der Waals surface area contributed by atoms with Crippen molar-refractivity contribution in [1.82, 2.24) is 0 Å². The summed E-state index contributed by atoms with van der Waals surface area (Å²) in [5.74, 6) is 6.19. The van der Waals surface area contributed by atoms with Crippen molar-refractivity contribution < 1.29 is 9.53 Å². The number of carbonyl (C=O) groups is 1. The summed E-state index contributed by atoms with van der Waals surface area (Å²) in [4.78, 5) is 13.6. The molecule has 0 bridgehead atoms. The quantitative estimate of drug-likeness (QED) is 0.183. The van der Waals surface area contributed by atoms with E-state index in [1.54, 1.807) is 0 Å². The number of hydrogen-bond donors (Lipinski definition) is 3. The molecule has 0 radical (unpaired) electrons. The average molecular weight is 507 g/mol. The Labute approximate surface area is 221 Å². The van der Waals surface area contributed by atoms with Gasteiger partial charge in [-0.3, -0.25) is 4.79 Å². The van der Waals surface area contributed by atoms with Crippen LogP contribution in [0.3, 0.4) is 0 Å². The molecule has 1 saturated carbocycles. The predicted octanol–water partition coefficient (Wildman–Crippen LogP) is 6.48. The second-order valence-corrected chi connectivity index (χ2v) is 10.0. The van der Waals surface area contributed by atoms with Crippen LogP contribution in [0.15, 0.2) is 106 Å². The molecular formula is C30H30N6O2. The number of hydrazone groups is 1. The maximum Gasteiger partial charge on any atom is 0.195 e. The Bertz CT molecular complexity index is 1390. The number of ether oxygens (including phenoxy) is 1. The molecule has 0 saturated heterocycles. The van der Waals surface area contributed by atoms with Gasteiger partial charge in [0.1, 0.15) is 18.1 Å². The predicted molar refractivity (Wildman–Crippen MR) is 145 cm³/mol. The minimum atomic E-state index is -0.872. The third kappa shape index (κ3) is 4.53. The van der Waals surface area contributed by atoms with Crippen LogP contribution in [-0.2, 0) is 17.8 Å². The zero-order chi connectivity index (χ0) is 26.6. The highest BCUT2D eigenvalue weighted by atomic mass is 16.5. The van der Waals surface area contributed by atoms with E-state index in [1.807, 2.05) is 84.9 Å². The number of hydrogen-bond acceptors (Lipinski definition) is 8. The Morgan fingerprint density at radius 2 is 1.45 bits per heavy atom. The zero-order valence-electron chi connectivity index (χ0n) is 21.1. The Kier molecular flexibility index (Phi) is 6.96. The molecule has 3 aromatic rings. The van der Waals surface area contributed by atoms with Gasteiger partial charge < -0.3 is 10.6 Å². The lowest BCUT2D eigenvalue weighted by Gasteiger charge is -2.42. The summed E-state index contributed by atoms with van der Waals surface area (Å²) in [6, 6.07) is 27.5. The van der Waals surface area contributed by atoms with Gasteiger partial charge in [0.25, 0.3) is 0 Å². The lowest BCUT2D eigenvalue weighted by molar-refractivity contribution is -0.120. The fraction of sp³-hybridized carbons (Fsp3) is 0.267. The first-order valence-corrected chi connectivity index (χ1v) is 12.7. The first-order valence-electron chi connectivity index (χ1n) is 12.7. The van der Waals surface area contributed by atoms with E-state index in [4.69, 9.17) is 21.6 Å². The van der Waals surface area contributed by atoms with E-state index in [2.05, 4.69) is 15.3 Å². The molecule has 0 atom stereocenters. The Balaban J connectivity index is 1.34. The van der Waals surface area contributed by atoms with E-state index in [0.29, 0.717) is 44.3 Å². The molecule has 0 aromatic heterocycles. The number of ketones is 1. The summed E-state index contributed by atoms with van der Waals surface area (Å²) in [6.07, 6.45) is 2.66. The second kappa shape index (κ2) is 10.5. The van der Waals surface area contributed by atoms with Crippen LogP contribution in [0, 0.1) is 16.5 Å². The minimum absolute atomic E-state index is 0.0558. The highest BCUT2D eigenvalue weighted by molar-refractivity contribution is 6.54. The van der Waals surface area contributed by atoms with E-state index in [0.717, 1.165) is 22.4 Å². The van der Waals surface area contributed by atoms with Crippen molar-refractivity contribution in [2.24, 2.45) is 26.6 Å². The van der Waals surface area contributed by atoms with Gasteiger partial charge in [-0.1, -0.05) is 72.8 Å². The van der Waals surface area contributed by atoms with E-state index in [9.17, 15) is 4.79 Å². The highest BCUT2D eigenvalue weighted by Gasteiger charge is 2.56. The van der Waals surface area contributed by atoms with Crippen LogP contribution >= 0.6 is 0 Å². The van der Waals surface area contributed by atoms with Gasteiger partial charge in [0, 0.05) is 5.57 Å². The topological polar surface area (TPSA) is 137 Å². The molecule has 2 aliphatic carbocycles. The normalized spacial score (nSPS) is 24.1. The SMILES string of the molecule is N=NC1=C(c2ccccc2)C2(CCC(Cc3ccc(OCc4ccccc4)cc3)(N=N)CC2)C(=O)C1=NN. The largest absolute Gasteiger partial charge is 0.489 e. The molecule has 192 valence electrons. The number of carbonyl (C=O) groups excluding carboxylic acids is 1. The molecule has 1 spiro atoms. The van der Waals surface area contributed by atoms with Crippen LogP contribution in [0.1, 0.15) is 42.4 Å². The van der Waals surface area contributed by atoms with Gasteiger partial charge in [-0.25, -0.2) is 11.1 Å². The highest BCUT2D eigenvalue weighted by Crippen LogP contribution is 2.56. The molecule has 5 rings (SSSR count). The summed E-state index contributed by atoms with van der Waals surface area (Å²) in [5, 5.41) is 11.5. The monoisotopic (exact) mass is 506 g/mol. The number of benzene rings is 3. The van der Waals surface area contributed by atoms with Gasteiger partial charge >= 0.3 is 0 Å². The van der Waals surface area contributed by atoms with Gasteiger partial charge in [-0.05, 0) is 60.9 Å². The number of allylic oxidation sites excluding steroid dienone is 2. The molecule has 0 aliphatic heterocycles.